The van der Waals surface area contributed by atoms with Gasteiger partial charge in [-0.25, -0.2) is 4.39 Å². The fraction of sp³-hybridized carbons (Fsp3) is 0.0323. The van der Waals surface area contributed by atoms with Gasteiger partial charge >= 0.3 is 0 Å². The molecular formula is C31H18FN5O. The molecular weight excluding hydrogens is 477 g/mol. The van der Waals surface area contributed by atoms with Crippen LogP contribution in [0.2, 0.25) is 0 Å². The Bertz CT molecular complexity index is 2080. The minimum atomic E-state index is -0.764. The van der Waals surface area contributed by atoms with Gasteiger partial charge in [0.15, 0.2) is 0 Å². The zero-order valence-corrected chi connectivity index (χ0v) is 20.2. The van der Waals surface area contributed by atoms with E-state index in [0.717, 1.165) is 42.6 Å². The van der Waals surface area contributed by atoms with Gasteiger partial charge in [0.1, 0.15) is 34.9 Å². The maximum absolute atomic E-state index is 13.5. The summed E-state index contributed by atoms with van der Waals surface area (Å²) in [4.78, 5) is 13.4. The molecule has 0 aliphatic carbocycles. The Morgan fingerprint density at radius 1 is 0.842 bits per heavy atom. The summed E-state index contributed by atoms with van der Waals surface area (Å²) < 4.78 is 14.4. The van der Waals surface area contributed by atoms with Crippen molar-refractivity contribution in [3.8, 4) is 23.3 Å². The van der Waals surface area contributed by atoms with Crippen LogP contribution in [0, 0.1) is 28.5 Å². The van der Waals surface area contributed by atoms with Crippen LogP contribution in [0.5, 0.6) is 0 Å². The van der Waals surface area contributed by atoms with Crippen LogP contribution in [-0.2, 0) is 0 Å². The van der Waals surface area contributed by atoms with Gasteiger partial charge in [0.25, 0.3) is 5.56 Å². The lowest BCUT2D eigenvalue weighted by molar-refractivity contribution is 0.628. The lowest BCUT2D eigenvalue weighted by atomic mass is 9.91. The van der Waals surface area contributed by atoms with E-state index >= 15 is 0 Å². The lowest BCUT2D eigenvalue weighted by Gasteiger charge is -2.15. The summed E-state index contributed by atoms with van der Waals surface area (Å²) in [6.07, 6.45) is 0. The highest BCUT2D eigenvalue weighted by atomic mass is 19.1. The van der Waals surface area contributed by atoms with Crippen molar-refractivity contribution >= 4 is 43.8 Å². The zero-order chi connectivity index (χ0) is 26.6. The largest absolute Gasteiger partial charge is 0.382 e. The number of halogens is 1. The van der Waals surface area contributed by atoms with Crippen molar-refractivity contribution in [2.75, 3.05) is 5.73 Å². The molecule has 0 atom stereocenters. The van der Waals surface area contributed by atoms with Crippen LogP contribution in [0.3, 0.4) is 0 Å². The first-order chi connectivity index (χ1) is 18.4. The normalized spacial score (nSPS) is 11.7. The molecule has 1 aromatic heterocycles. The Kier molecular flexibility index (Phi) is 5.15. The van der Waals surface area contributed by atoms with E-state index in [-0.39, 0.29) is 22.5 Å². The van der Waals surface area contributed by atoms with Crippen molar-refractivity contribution in [3.05, 3.63) is 112 Å². The highest BCUT2D eigenvalue weighted by Crippen LogP contribution is 2.36. The number of nitrogens with zero attached hydrogens (tertiary/aromatic N) is 4. The molecule has 0 amide bonds. The predicted octanol–water partition coefficient (Wildman–Crippen LogP) is 6.15. The maximum atomic E-state index is 13.5. The van der Waals surface area contributed by atoms with Crippen molar-refractivity contribution < 1.29 is 4.39 Å². The second-order valence-electron chi connectivity index (χ2n) is 9.01. The lowest BCUT2D eigenvalue weighted by Crippen LogP contribution is -2.26. The number of nitriles is 2. The molecule has 0 radical (unpaired) electrons. The topological polar surface area (TPSA) is 108 Å². The second-order valence-corrected chi connectivity index (χ2v) is 9.01. The second kappa shape index (κ2) is 8.55. The van der Waals surface area contributed by atoms with E-state index in [1.54, 1.807) is 6.92 Å². The van der Waals surface area contributed by atoms with Gasteiger partial charge in [0.2, 0.25) is 0 Å². The van der Waals surface area contributed by atoms with E-state index in [4.69, 9.17) is 5.73 Å². The molecule has 0 saturated heterocycles. The monoisotopic (exact) mass is 495 g/mol. The Labute approximate surface area is 216 Å². The molecule has 0 aliphatic rings. The van der Waals surface area contributed by atoms with Gasteiger partial charge in [-0.15, -0.1) is 0 Å². The van der Waals surface area contributed by atoms with Crippen LogP contribution >= 0.6 is 0 Å². The third-order valence-electron chi connectivity index (χ3n) is 6.92. The van der Waals surface area contributed by atoms with E-state index in [1.165, 1.54) is 24.3 Å². The molecule has 1 heterocycles. The molecule has 6 rings (SSSR count). The van der Waals surface area contributed by atoms with Gasteiger partial charge in [-0.05, 0) is 56.9 Å². The first-order valence-electron chi connectivity index (χ1n) is 11.8. The molecule has 0 aliphatic heterocycles. The Hall–Kier alpha value is -5.53. The third kappa shape index (κ3) is 3.31. The predicted molar refractivity (Wildman–Crippen MR) is 148 cm³/mol. The van der Waals surface area contributed by atoms with E-state index in [2.05, 4.69) is 35.4 Å². The van der Waals surface area contributed by atoms with Crippen LogP contribution < -0.4 is 11.3 Å². The van der Waals surface area contributed by atoms with Crippen LogP contribution in [0.1, 0.15) is 23.6 Å². The summed E-state index contributed by atoms with van der Waals surface area (Å²) in [6, 6.07) is 27.4. The van der Waals surface area contributed by atoms with Gasteiger partial charge in [-0.1, -0.05) is 66.7 Å². The molecule has 7 heteroatoms. The Morgan fingerprint density at radius 3 is 2.11 bits per heavy atom. The summed E-state index contributed by atoms with van der Waals surface area (Å²) in [6.45, 7) is 1.75. The fourth-order valence-electron chi connectivity index (χ4n) is 5.16. The number of pyridine rings is 1. The van der Waals surface area contributed by atoms with Crippen LogP contribution in [-0.4, -0.2) is 10.4 Å². The number of rotatable bonds is 3. The highest BCUT2D eigenvalue weighted by Gasteiger charge is 2.22. The first-order valence-corrected chi connectivity index (χ1v) is 11.8. The van der Waals surface area contributed by atoms with Crippen LogP contribution in [0.15, 0.2) is 88.8 Å². The third-order valence-corrected chi connectivity index (χ3v) is 6.92. The molecule has 180 valence electrons. The summed E-state index contributed by atoms with van der Waals surface area (Å²) in [7, 11) is 0. The number of hydrogen-bond acceptors (Lipinski definition) is 5. The quantitative estimate of drug-likeness (QED) is 0.235. The summed E-state index contributed by atoms with van der Waals surface area (Å²) >= 11 is 0. The van der Waals surface area contributed by atoms with Crippen LogP contribution in [0.4, 0.5) is 10.2 Å². The van der Waals surface area contributed by atoms with Crippen molar-refractivity contribution in [1.29, 1.82) is 10.5 Å². The van der Waals surface area contributed by atoms with Crippen LogP contribution in [0.25, 0.3) is 43.4 Å². The number of nitrogens with two attached hydrogens (primary N) is 1. The number of benzene rings is 5. The smallest absolute Gasteiger partial charge is 0.291 e. The summed E-state index contributed by atoms with van der Waals surface area (Å²) in [5, 5.41) is 30.8. The van der Waals surface area contributed by atoms with E-state index in [9.17, 15) is 19.7 Å². The molecule has 0 spiro atoms. The standard InChI is InChI=1S/C31H18FN5O/c1-17(23-13-9-21-6-5-18-3-2-4-19-10-14-24(23)29(21)27(18)19)36-37-30(35)25(15-33)28(26(16-34)31(37)38)20-7-11-22(32)12-8-20/h2-14H,35H2,1H3/b36-17+. The molecule has 5 aromatic carbocycles. The fourth-order valence-corrected chi connectivity index (χ4v) is 5.16. The molecule has 2 N–H and O–H groups in total. The van der Waals surface area contributed by atoms with Gasteiger partial charge in [0.05, 0.1) is 5.71 Å². The minimum Gasteiger partial charge on any atom is -0.382 e. The number of nitrogen functional groups attached to an aromatic ring is 1. The summed E-state index contributed by atoms with van der Waals surface area (Å²) in [5.41, 5.74) is 6.82. The molecule has 0 unspecified atom stereocenters. The average Bonchev–Trinajstić information content (AvgIpc) is 2.94. The molecule has 0 bridgehead atoms. The Balaban J connectivity index is 1.60. The first kappa shape index (κ1) is 22.9. The minimum absolute atomic E-state index is 0.0596. The van der Waals surface area contributed by atoms with Gasteiger partial charge in [-0.3, -0.25) is 4.79 Å². The van der Waals surface area contributed by atoms with E-state index in [1.807, 2.05) is 36.4 Å². The average molecular weight is 496 g/mol. The molecule has 0 saturated carbocycles. The SMILES string of the molecule is C/C(=N\n1c(N)c(C#N)c(-c2ccc(F)cc2)c(C#N)c1=O)c1ccc2ccc3cccc4ccc1c2c34. The van der Waals surface area contributed by atoms with Crippen molar-refractivity contribution in [3.63, 3.8) is 0 Å². The van der Waals surface area contributed by atoms with E-state index in [0.29, 0.717) is 11.3 Å². The Morgan fingerprint density at radius 2 is 1.45 bits per heavy atom. The highest BCUT2D eigenvalue weighted by molar-refractivity contribution is 6.26. The molecule has 38 heavy (non-hydrogen) atoms. The molecule has 6 nitrogen and oxygen atoms in total. The number of aromatic nitrogens is 1. The van der Waals surface area contributed by atoms with Gasteiger partial charge in [-0.2, -0.15) is 20.3 Å². The summed E-state index contributed by atoms with van der Waals surface area (Å²) in [5.74, 6) is -0.687. The van der Waals surface area contributed by atoms with Gasteiger partial charge < -0.3 is 5.73 Å². The van der Waals surface area contributed by atoms with Crippen molar-refractivity contribution in [2.24, 2.45) is 5.10 Å². The van der Waals surface area contributed by atoms with E-state index < -0.39 is 11.4 Å². The van der Waals surface area contributed by atoms with Gasteiger partial charge in [0, 0.05) is 11.1 Å². The maximum Gasteiger partial charge on any atom is 0.291 e. The number of anilines is 1. The number of hydrogen-bond donors (Lipinski definition) is 1. The zero-order valence-electron chi connectivity index (χ0n) is 20.2. The molecule has 6 aromatic rings. The van der Waals surface area contributed by atoms with Crippen molar-refractivity contribution in [2.45, 2.75) is 6.92 Å². The van der Waals surface area contributed by atoms with Crippen molar-refractivity contribution in [1.82, 2.24) is 4.68 Å². The molecule has 0 fully saturated rings.